The van der Waals surface area contributed by atoms with Crippen molar-refractivity contribution in [1.29, 1.82) is 0 Å². The lowest BCUT2D eigenvalue weighted by molar-refractivity contribution is -0.139. The predicted octanol–water partition coefficient (Wildman–Crippen LogP) is 6.92. The van der Waals surface area contributed by atoms with E-state index in [1.54, 1.807) is 18.4 Å². The van der Waals surface area contributed by atoms with Gasteiger partial charge in [0.15, 0.2) is 4.80 Å². The van der Waals surface area contributed by atoms with E-state index >= 15 is 0 Å². The summed E-state index contributed by atoms with van der Waals surface area (Å²) < 4.78 is 14.2. The van der Waals surface area contributed by atoms with Gasteiger partial charge >= 0.3 is 5.97 Å². The first kappa shape index (κ1) is 30.0. The number of benzene rings is 3. The average Bonchev–Trinajstić information content (AvgIpc) is 3.26. The molecule has 5 rings (SSSR count). The van der Waals surface area contributed by atoms with Gasteiger partial charge < -0.3 is 9.47 Å². The summed E-state index contributed by atoms with van der Waals surface area (Å²) in [6.07, 6.45) is 1.83. The maximum atomic E-state index is 13.9. The van der Waals surface area contributed by atoms with E-state index in [0.717, 1.165) is 21.2 Å². The maximum absolute atomic E-state index is 13.9. The molecule has 0 saturated heterocycles. The lowest BCUT2D eigenvalue weighted by Gasteiger charge is -2.25. The van der Waals surface area contributed by atoms with Crippen LogP contribution in [0, 0.1) is 0 Å². The monoisotopic (exact) mass is 664 g/mol. The zero-order valence-electron chi connectivity index (χ0n) is 23.7. The number of rotatable bonds is 8. The Balaban J connectivity index is 1.53. The minimum atomic E-state index is -0.643. The molecule has 4 aromatic rings. The van der Waals surface area contributed by atoms with Gasteiger partial charge in [0, 0.05) is 10.6 Å². The molecule has 1 atom stereocenters. The predicted molar refractivity (Wildman–Crippen MR) is 171 cm³/mol. The number of hydrogen-bond acceptors (Lipinski definition) is 6. The SMILES string of the molecule is CCOC(=O)C1=C(C)N=c2s/c(=C\c3ccc(OCc4ccccc4Cl)c(Br)c3)c(=O)n2[C@H]1c1ccc(C(C)C)cc1. The van der Waals surface area contributed by atoms with E-state index in [1.165, 1.54) is 16.9 Å². The number of allylic oxidation sites excluding steroid dienone is 1. The summed E-state index contributed by atoms with van der Waals surface area (Å²) in [4.78, 5) is 32.2. The highest BCUT2D eigenvalue weighted by Crippen LogP contribution is 2.32. The molecule has 0 N–H and O–H groups in total. The van der Waals surface area contributed by atoms with E-state index in [-0.39, 0.29) is 12.2 Å². The van der Waals surface area contributed by atoms with Crippen molar-refractivity contribution >= 4 is 50.9 Å². The Morgan fingerprint density at radius 1 is 1.14 bits per heavy atom. The fourth-order valence-electron chi connectivity index (χ4n) is 4.82. The lowest BCUT2D eigenvalue weighted by atomic mass is 9.93. The van der Waals surface area contributed by atoms with Gasteiger partial charge in [-0.2, -0.15) is 0 Å². The number of aromatic nitrogens is 1. The minimum Gasteiger partial charge on any atom is -0.488 e. The van der Waals surface area contributed by atoms with Crippen molar-refractivity contribution in [2.75, 3.05) is 6.61 Å². The van der Waals surface area contributed by atoms with Gasteiger partial charge in [-0.3, -0.25) is 9.36 Å². The second-order valence-electron chi connectivity index (χ2n) is 10.2. The quantitative estimate of drug-likeness (QED) is 0.192. The van der Waals surface area contributed by atoms with Crippen molar-refractivity contribution in [3.8, 4) is 5.75 Å². The van der Waals surface area contributed by atoms with E-state index in [1.807, 2.05) is 72.8 Å². The van der Waals surface area contributed by atoms with E-state index in [0.29, 0.717) is 43.9 Å². The van der Waals surface area contributed by atoms with Crippen LogP contribution < -0.4 is 19.6 Å². The average molecular weight is 666 g/mol. The van der Waals surface area contributed by atoms with Crippen molar-refractivity contribution < 1.29 is 14.3 Å². The van der Waals surface area contributed by atoms with Crippen molar-refractivity contribution in [3.05, 3.63) is 129 Å². The maximum Gasteiger partial charge on any atom is 0.338 e. The van der Waals surface area contributed by atoms with Crippen molar-refractivity contribution in [3.63, 3.8) is 0 Å². The zero-order valence-corrected chi connectivity index (χ0v) is 26.8. The Kier molecular flexibility index (Phi) is 9.16. The van der Waals surface area contributed by atoms with Gasteiger partial charge in [0.1, 0.15) is 12.4 Å². The molecule has 2 heterocycles. The molecule has 0 aliphatic carbocycles. The van der Waals surface area contributed by atoms with E-state index in [4.69, 9.17) is 21.1 Å². The largest absolute Gasteiger partial charge is 0.488 e. The Morgan fingerprint density at radius 3 is 2.55 bits per heavy atom. The second-order valence-corrected chi connectivity index (χ2v) is 12.5. The highest BCUT2D eigenvalue weighted by atomic mass is 79.9. The molecule has 0 fully saturated rings. The third-order valence-corrected chi connectivity index (χ3v) is 9.00. The van der Waals surface area contributed by atoms with Gasteiger partial charge in [0.2, 0.25) is 0 Å². The molecule has 6 nitrogen and oxygen atoms in total. The number of esters is 1. The van der Waals surface area contributed by atoms with Crippen molar-refractivity contribution in [1.82, 2.24) is 4.57 Å². The fourth-order valence-corrected chi connectivity index (χ4v) is 6.56. The van der Waals surface area contributed by atoms with Crippen LogP contribution >= 0.6 is 38.9 Å². The third-order valence-electron chi connectivity index (χ3n) is 7.03. The molecule has 3 aromatic carbocycles. The minimum absolute atomic E-state index is 0.221. The molecule has 216 valence electrons. The number of hydrogen-bond donors (Lipinski definition) is 0. The van der Waals surface area contributed by atoms with Gasteiger partial charge in [0.05, 0.1) is 32.9 Å². The summed E-state index contributed by atoms with van der Waals surface area (Å²) >= 11 is 11.1. The summed E-state index contributed by atoms with van der Waals surface area (Å²) in [6.45, 7) is 8.37. The number of nitrogens with zero attached hydrogens (tertiary/aromatic N) is 2. The molecule has 0 amide bonds. The number of fused-ring (bicyclic) bond motifs is 1. The van der Waals surface area contributed by atoms with Crippen LogP contribution in [0.1, 0.15) is 61.9 Å². The number of halogens is 2. The summed E-state index contributed by atoms with van der Waals surface area (Å²) in [6, 6.07) is 20.6. The molecule has 42 heavy (non-hydrogen) atoms. The van der Waals surface area contributed by atoms with Crippen LogP contribution in [0.15, 0.2) is 92.3 Å². The molecule has 0 radical (unpaired) electrons. The number of thiazole rings is 1. The molecule has 1 aliphatic rings. The summed E-state index contributed by atoms with van der Waals surface area (Å²) in [5.74, 6) is 0.547. The molecular formula is C33H30BrClN2O4S. The standard InChI is InChI=1S/C33H30BrClN2O4S/c1-5-40-32(39)29-20(4)36-33-37(30(29)23-13-11-22(12-14-23)19(2)3)31(38)28(42-33)17-21-10-15-27(25(34)16-21)41-18-24-8-6-7-9-26(24)35/h6-17,19,30H,5,18H2,1-4H3/b28-17-/t30-/m0/s1. The first-order valence-electron chi connectivity index (χ1n) is 13.6. The van der Waals surface area contributed by atoms with Gasteiger partial charge in [-0.05, 0) is 76.7 Å². The van der Waals surface area contributed by atoms with Crippen LogP contribution in [0.25, 0.3) is 6.08 Å². The molecule has 0 unspecified atom stereocenters. The number of carbonyl (C=O) groups excluding carboxylic acids is 1. The lowest BCUT2D eigenvalue weighted by Crippen LogP contribution is -2.39. The highest BCUT2D eigenvalue weighted by molar-refractivity contribution is 9.10. The number of carbonyl (C=O) groups is 1. The smallest absolute Gasteiger partial charge is 0.338 e. The van der Waals surface area contributed by atoms with E-state index < -0.39 is 12.0 Å². The van der Waals surface area contributed by atoms with Crippen LogP contribution in [-0.2, 0) is 16.1 Å². The van der Waals surface area contributed by atoms with Gasteiger partial charge in [-0.1, -0.05) is 85.3 Å². The Morgan fingerprint density at radius 2 is 1.88 bits per heavy atom. The topological polar surface area (TPSA) is 69.9 Å². The summed E-state index contributed by atoms with van der Waals surface area (Å²) in [5.41, 5.74) is 4.40. The van der Waals surface area contributed by atoms with E-state index in [2.05, 4.69) is 34.8 Å². The van der Waals surface area contributed by atoms with Crippen LogP contribution in [0.3, 0.4) is 0 Å². The summed E-state index contributed by atoms with van der Waals surface area (Å²) in [5, 5.41) is 0.649. The molecule has 1 aromatic heterocycles. The van der Waals surface area contributed by atoms with Crippen LogP contribution in [0.4, 0.5) is 0 Å². The van der Waals surface area contributed by atoms with Gasteiger partial charge in [-0.25, -0.2) is 9.79 Å². The molecule has 1 aliphatic heterocycles. The molecule has 0 saturated carbocycles. The molecular weight excluding hydrogens is 636 g/mol. The first-order valence-corrected chi connectivity index (χ1v) is 15.6. The molecule has 0 spiro atoms. The Bertz CT molecular complexity index is 1860. The molecule has 0 bridgehead atoms. The second kappa shape index (κ2) is 12.8. The third kappa shape index (κ3) is 6.16. The normalized spacial score (nSPS) is 15.0. The first-order chi connectivity index (χ1) is 20.2. The Labute approximate surface area is 261 Å². The van der Waals surface area contributed by atoms with Crippen LogP contribution in [-0.4, -0.2) is 17.1 Å². The van der Waals surface area contributed by atoms with Gasteiger partial charge in [-0.15, -0.1) is 0 Å². The molecule has 9 heteroatoms. The highest BCUT2D eigenvalue weighted by Gasteiger charge is 2.33. The van der Waals surface area contributed by atoms with Crippen LogP contribution in [0.5, 0.6) is 5.75 Å². The van der Waals surface area contributed by atoms with Crippen LogP contribution in [0.2, 0.25) is 5.02 Å². The fraction of sp³-hybridized carbons (Fsp3) is 0.242. The van der Waals surface area contributed by atoms with E-state index in [9.17, 15) is 9.59 Å². The van der Waals surface area contributed by atoms with Crippen molar-refractivity contribution in [2.24, 2.45) is 4.99 Å². The zero-order chi connectivity index (χ0) is 30.0. The Hall–Kier alpha value is -3.46. The number of ether oxygens (including phenoxy) is 2. The van der Waals surface area contributed by atoms with Crippen molar-refractivity contribution in [2.45, 2.75) is 46.3 Å². The van der Waals surface area contributed by atoms with Gasteiger partial charge in [0.25, 0.3) is 5.56 Å². The summed E-state index contributed by atoms with van der Waals surface area (Å²) in [7, 11) is 0.